The summed E-state index contributed by atoms with van der Waals surface area (Å²) in [7, 11) is 0. The molecule has 1 aromatic heterocycles. The van der Waals surface area contributed by atoms with Crippen molar-refractivity contribution < 1.29 is 23.6 Å². The molecule has 0 spiro atoms. The van der Waals surface area contributed by atoms with Crippen molar-refractivity contribution in [3.63, 3.8) is 0 Å². The topological polar surface area (TPSA) is 101 Å². The molecule has 5 atom stereocenters. The van der Waals surface area contributed by atoms with Crippen LogP contribution in [0.1, 0.15) is 77.1 Å². The second-order valence-corrected chi connectivity index (χ2v) is 10.4. The van der Waals surface area contributed by atoms with E-state index in [-0.39, 0.29) is 30.1 Å². The number of nitrogens with zero attached hydrogens (tertiary/aromatic N) is 5. The van der Waals surface area contributed by atoms with E-state index in [1.54, 1.807) is 14.9 Å². The Labute approximate surface area is 188 Å². The zero-order valence-corrected chi connectivity index (χ0v) is 19.3. The van der Waals surface area contributed by atoms with Crippen molar-refractivity contribution in [3.05, 3.63) is 11.8 Å². The van der Waals surface area contributed by atoms with Crippen molar-refractivity contribution in [2.75, 3.05) is 26.2 Å². The molecule has 176 valence electrons. The third kappa shape index (κ3) is 3.82. The minimum Gasteiger partial charge on any atom is -0.444 e. The molecular formula is C22H33N5O5. The number of urea groups is 1. The van der Waals surface area contributed by atoms with Gasteiger partial charge in [-0.1, -0.05) is 13.3 Å². The first kappa shape index (κ1) is 21.5. The third-order valence-corrected chi connectivity index (χ3v) is 6.92. The fraction of sp³-hybridized carbons (Fsp3) is 0.818. The van der Waals surface area contributed by atoms with Crippen LogP contribution >= 0.6 is 0 Å². The normalized spacial score (nSPS) is 31.3. The standard InChI is InChI=1S/C22H33N5O5/c1-5-6-9-30-27-13-7-8-16(26(10-13)20(27)28)18-23-24-19(31-18)17-14-11-25(12-15(14)17)21(29)32-22(2,3)4/h13-17H,5-12H2,1-4H3/t13-,14-,15+,16-,17?/m0/s1. The van der Waals surface area contributed by atoms with Crippen molar-refractivity contribution in [2.45, 2.75) is 77.0 Å². The molecule has 10 nitrogen and oxygen atoms in total. The number of hydrogen-bond donors (Lipinski definition) is 0. The molecule has 3 aliphatic heterocycles. The van der Waals surface area contributed by atoms with Crippen molar-refractivity contribution in [1.82, 2.24) is 25.1 Å². The summed E-state index contributed by atoms with van der Waals surface area (Å²) in [6.45, 7) is 10.2. The van der Waals surface area contributed by atoms with E-state index in [1.807, 2.05) is 20.8 Å². The zero-order chi connectivity index (χ0) is 22.6. The van der Waals surface area contributed by atoms with Gasteiger partial charge in [-0.2, -0.15) is 5.06 Å². The molecule has 0 N–H and O–H groups in total. The van der Waals surface area contributed by atoms with E-state index in [0.717, 1.165) is 25.7 Å². The molecule has 1 saturated carbocycles. The summed E-state index contributed by atoms with van der Waals surface area (Å²) in [5.41, 5.74) is -0.493. The maximum Gasteiger partial charge on any atom is 0.410 e. The van der Waals surface area contributed by atoms with Crippen molar-refractivity contribution in [1.29, 1.82) is 0 Å². The van der Waals surface area contributed by atoms with Gasteiger partial charge in [-0.15, -0.1) is 10.2 Å². The van der Waals surface area contributed by atoms with E-state index in [1.165, 1.54) is 0 Å². The number of carbonyl (C=O) groups excluding carboxylic acids is 2. The van der Waals surface area contributed by atoms with Crippen LogP contribution in [0.3, 0.4) is 0 Å². The van der Waals surface area contributed by atoms with Gasteiger partial charge < -0.3 is 19.0 Å². The van der Waals surface area contributed by atoms with Gasteiger partial charge in [0.1, 0.15) is 11.6 Å². The molecule has 3 saturated heterocycles. The smallest absolute Gasteiger partial charge is 0.410 e. The predicted molar refractivity (Wildman–Crippen MR) is 112 cm³/mol. The van der Waals surface area contributed by atoms with E-state index >= 15 is 0 Å². The van der Waals surface area contributed by atoms with Crippen LogP contribution < -0.4 is 0 Å². The fourth-order valence-corrected chi connectivity index (χ4v) is 5.25. The predicted octanol–water partition coefficient (Wildman–Crippen LogP) is 3.32. The SMILES string of the molecule is CCCCON1C(=O)N2C[C@@H]1CC[C@H]2c1nnc(C2[C@H]3CN(C(=O)OC(C)(C)C)C[C@@H]23)o1. The summed E-state index contributed by atoms with van der Waals surface area (Å²) in [6, 6.07) is -0.208. The van der Waals surface area contributed by atoms with Crippen LogP contribution in [0.2, 0.25) is 0 Å². The quantitative estimate of drug-likeness (QED) is 0.617. The second kappa shape index (κ2) is 7.90. The molecule has 10 heteroatoms. The Kier molecular flexibility index (Phi) is 5.30. The molecule has 4 fully saturated rings. The number of amides is 3. The van der Waals surface area contributed by atoms with Crippen molar-refractivity contribution >= 4 is 12.1 Å². The van der Waals surface area contributed by atoms with E-state index in [9.17, 15) is 9.59 Å². The Morgan fingerprint density at radius 1 is 1.12 bits per heavy atom. The number of unbranched alkanes of at least 4 members (excludes halogenated alkanes) is 1. The number of carbonyl (C=O) groups is 2. The average molecular weight is 448 g/mol. The molecule has 5 rings (SSSR count). The Bertz CT molecular complexity index is 870. The zero-order valence-electron chi connectivity index (χ0n) is 19.3. The van der Waals surface area contributed by atoms with Crippen molar-refractivity contribution in [3.8, 4) is 0 Å². The molecule has 32 heavy (non-hydrogen) atoms. The molecule has 4 aliphatic rings. The number of hydroxylamine groups is 2. The van der Waals surface area contributed by atoms with Crippen LogP contribution in [-0.2, 0) is 9.57 Å². The molecule has 2 bridgehead atoms. The van der Waals surface area contributed by atoms with Crippen LogP contribution in [0.25, 0.3) is 0 Å². The Morgan fingerprint density at radius 2 is 1.84 bits per heavy atom. The van der Waals surface area contributed by atoms with Crippen LogP contribution in [0.15, 0.2) is 4.42 Å². The lowest BCUT2D eigenvalue weighted by atomic mass is 10.0. The highest BCUT2D eigenvalue weighted by Crippen LogP contribution is 2.58. The lowest BCUT2D eigenvalue weighted by Crippen LogP contribution is -2.36. The third-order valence-electron chi connectivity index (χ3n) is 6.92. The van der Waals surface area contributed by atoms with Crippen LogP contribution in [0, 0.1) is 11.8 Å². The summed E-state index contributed by atoms with van der Waals surface area (Å²) in [5.74, 6) is 2.00. The van der Waals surface area contributed by atoms with Gasteiger partial charge in [0.2, 0.25) is 11.8 Å². The number of likely N-dealkylation sites (tertiary alicyclic amines) is 1. The summed E-state index contributed by atoms with van der Waals surface area (Å²) in [4.78, 5) is 34.5. The number of fused-ring (bicyclic) bond motifs is 3. The first-order valence-electron chi connectivity index (χ1n) is 11.8. The highest BCUT2D eigenvalue weighted by atomic mass is 16.7. The van der Waals surface area contributed by atoms with Gasteiger partial charge in [-0.05, 0) is 51.9 Å². The highest BCUT2D eigenvalue weighted by Gasteiger charge is 2.60. The van der Waals surface area contributed by atoms with Crippen LogP contribution in [0.4, 0.5) is 9.59 Å². The summed E-state index contributed by atoms with van der Waals surface area (Å²) < 4.78 is 11.6. The molecule has 3 amide bonds. The number of aromatic nitrogens is 2. The fourth-order valence-electron chi connectivity index (χ4n) is 5.25. The molecule has 0 radical (unpaired) electrons. The number of rotatable bonds is 6. The van der Waals surface area contributed by atoms with Gasteiger partial charge in [0.05, 0.1) is 12.6 Å². The van der Waals surface area contributed by atoms with Crippen LogP contribution in [0.5, 0.6) is 0 Å². The Morgan fingerprint density at radius 3 is 2.53 bits per heavy atom. The Balaban J connectivity index is 1.19. The minimum absolute atomic E-state index is 0.0969. The maximum absolute atomic E-state index is 12.9. The summed E-state index contributed by atoms with van der Waals surface area (Å²) in [6.07, 6.45) is 3.35. The number of piperidine rings is 2. The molecule has 4 heterocycles. The second-order valence-electron chi connectivity index (χ2n) is 10.4. The lowest BCUT2D eigenvalue weighted by molar-refractivity contribution is -0.130. The number of hydrogen-bond acceptors (Lipinski definition) is 7. The summed E-state index contributed by atoms with van der Waals surface area (Å²) >= 11 is 0. The van der Waals surface area contributed by atoms with E-state index in [2.05, 4.69) is 17.1 Å². The minimum atomic E-state index is -0.493. The van der Waals surface area contributed by atoms with Gasteiger partial charge in [-0.25, -0.2) is 9.59 Å². The highest BCUT2D eigenvalue weighted by molar-refractivity contribution is 5.77. The van der Waals surface area contributed by atoms with E-state index < -0.39 is 5.60 Å². The number of ether oxygens (including phenoxy) is 1. The molecule has 0 aromatic carbocycles. The molecule has 1 unspecified atom stereocenters. The van der Waals surface area contributed by atoms with Crippen LogP contribution in [-0.4, -0.2) is 75.1 Å². The average Bonchev–Trinajstić information content (AvgIpc) is 3.11. The largest absolute Gasteiger partial charge is 0.444 e. The first-order chi connectivity index (χ1) is 15.3. The molecule has 1 aliphatic carbocycles. The first-order valence-corrected chi connectivity index (χ1v) is 11.8. The Hall–Kier alpha value is -2.36. The molecule has 1 aromatic rings. The van der Waals surface area contributed by atoms with Gasteiger partial charge in [0.25, 0.3) is 0 Å². The maximum atomic E-state index is 12.9. The van der Waals surface area contributed by atoms with Gasteiger partial charge >= 0.3 is 12.1 Å². The van der Waals surface area contributed by atoms with Crippen molar-refractivity contribution in [2.24, 2.45) is 11.8 Å². The summed E-state index contributed by atoms with van der Waals surface area (Å²) in [5, 5.41) is 10.2. The van der Waals surface area contributed by atoms with E-state index in [0.29, 0.717) is 49.9 Å². The van der Waals surface area contributed by atoms with Gasteiger partial charge in [0.15, 0.2) is 0 Å². The van der Waals surface area contributed by atoms with E-state index in [4.69, 9.17) is 14.0 Å². The lowest BCUT2D eigenvalue weighted by Gasteiger charge is -2.27. The van der Waals surface area contributed by atoms with Gasteiger partial charge in [0, 0.05) is 25.6 Å². The molecular weight excluding hydrogens is 414 g/mol. The monoisotopic (exact) mass is 447 g/mol. The van der Waals surface area contributed by atoms with Gasteiger partial charge in [-0.3, -0.25) is 4.84 Å².